The molecule has 7 heteroatoms. The van der Waals surface area contributed by atoms with Crippen molar-refractivity contribution in [3.8, 4) is 16.9 Å². The third-order valence-electron chi connectivity index (χ3n) is 6.24. The van der Waals surface area contributed by atoms with E-state index in [1.165, 1.54) is 19.3 Å². The van der Waals surface area contributed by atoms with Gasteiger partial charge in [0.2, 0.25) is 0 Å². The highest BCUT2D eigenvalue weighted by Gasteiger charge is 2.23. The van der Waals surface area contributed by atoms with E-state index in [-0.39, 0.29) is 5.75 Å². The van der Waals surface area contributed by atoms with E-state index in [9.17, 15) is 8.78 Å². The van der Waals surface area contributed by atoms with Crippen LogP contribution in [-0.2, 0) is 6.54 Å². The third-order valence-corrected chi connectivity index (χ3v) is 6.24. The second kappa shape index (κ2) is 8.30. The lowest BCUT2D eigenvalue weighted by Crippen LogP contribution is -2.13. The molecule has 0 saturated heterocycles. The van der Waals surface area contributed by atoms with Gasteiger partial charge in [0.15, 0.2) is 0 Å². The Morgan fingerprint density at radius 3 is 2.62 bits per heavy atom. The first-order valence-corrected chi connectivity index (χ1v) is 10.8. The molecule has 2 aromatic carbocycles. The maximum Gasteiger partial charge on any atom is 0.387 e. The van der Waals surface area contributed by atoms with E-state index < -0.39 is 6.61 Å². The summed E-state index contributed by atoms with van der Waals surface area (Å²) in [6, 6.07) is 12.9. The summed E-state index contributed by atoms with van der Waals surface area (Å²) in [4.78, 5) is 14.1. The Bertz CT molecular complexity index is 1280. The Kier molecular flexibility index (Phi) is 5.33. The molecule has 0 atom stereocenters. The van der Waals surface area contributed by atoms with Gasteiger partial charge >= 0.3 is 6.61 Å². The van der Waals surface area contributed by atoms with Crippen molar-refractivity contribution in [2.75, 3.05) is 0 Å². The van der Waals surface area contributed by atoms with Crippen molar-refractivity contribution in [3.05, 3.63) is 71.6 Å². The van der Waals surface area contributed by atoms with Gasteiger partial charge in [-0.3, -0.25) is 0 Å². The molecule has 0 spiro atoms. The highest BCUT2D eigenvalue weighted by Crippen LogP contribution is 2.35. The van der Waals surface area contributed by atoms with Gasteiger partial charge in [0.05, 0.1) is 17.6 Å². The lowest BCUT2D eigenvalue weighted by molar-refractivity contribution is -0.0504. The largest absolute Gasteiger partial charge is 0.434 e. The third kappa shape index (κ3) is 3.83. The number of halogens is 2. The van der Waals surface area contributed by atoms with Crippen LogP contribution in [0.15, 0.2) is 48.7 Å². The Morgan fingerprint density at radius 2 is 1.91 bits per heavy atom. The molecule has 5 rings (SSSR count). The maximum atomic E-state index is 12.8. The van der Waals surface area contributed by atoms with Crippen molar-refractivity contribution in [2.24, 2.45) is 0 Å². The minimum Gasteiger partial charge on any atom is -0.434 e. The summed E-state index contributed by atoms with van der Waals surface area (Å²) in [6.07, 6.45) is 5.50. The lowest BCUT2D eigenvalue weighted by Gasteiger charge is -2.24. The van der Waals surface area contributed by atoms with E-state index in [0.29, 0.717) is 18.0 Å². The molecule has 1 aliphatic carbocycles. The molecule has 0 bridgehead atoms. The van der Waals surface area contributed by atoms with E-state index in [4.69, 9.17) is 9.72 Å². The van der Waals surface area contributed by atoms with Crippen LogP contribution in [0.4, 0.5) is 8.78 Å². The lowest BCUT2D eigenvalue weighted by atomic mass is 9.84. The number of benzene rings is 2. The van der Waals surface area contributed by atoms with Crippen LogP contribution in [0.2, 0.25) is 0 Å². The molecule has 32 heavy (non-hydrogen) atoms. The summed E-state index contributed by atoms with van der Waals surface area (Å²) in [7, 11) is 0. The number of imidazole rings is 1. The monoisotopic (exact) mass is 434 g/mol. The fourth-order valence-electron chi connectivity index (χ4n) is 4.26. The zero-order valence-corrected chi connectivity index (χ0v) is 18.1. The van der Waals surface area contributed by atoms with Crippen molar-refractivity contribution in [1.82, 2.24) is 19.5 Å². The highest BCUT2D eigenvalue weighted by atomic mass is 19.3. The van der Waals surface area contributed by atoms with Crippen molar-refractivity contribution < 1.29 is 13.5 Å². The Balaban J connectivity index is 1.52. The van der Waals surface area contributed by atoms with Crippen molar-refractivity contribution in [3.63, 3.8) is 0 Å². The molecular weight excluding hydrogens is 410 g/mol. The van der Waals surface area contributed by atoms with Gasteiger partial charge in [-0.25, -0.2) is 15.0 Å². The predicted octanol–water partition coefficient (Wildman–Crippen LogP) is 6.03. The summed E-state index contributed by atoms with van der Waals surface area (Å²) < 4.78 is 32.4. The van der Waals surface area contributed by atoms with Crippen LogP contribution < -0.4 is 4.74 Å². The zero-order valence-electron chi connectivity index (χ0n) is 18.1. The molecule has 0 amide bonds. The first-order valence-electron chi connectivity index (χ1n) is 10.8. The quantitative estimate of drug-likeness (QED) is 0.372. The van der Waals surface area contributed by atoms with Gasteiger partial charge in [-0.05, 0) is 50.5 Å². The van der Waals surface area contributed by atoms with Crippen LogP contribution in [0, 0.1) is 13.8 Å². The van der Waals surface area contributed by atoms with E-state index in [0.717, 1.165) is 39.5 Å². The van der Waals surface area contributed by atoms with Crippen LogP contribution >= 0.6 is 0 Å². The summed E-state index contributed by atoms with van der Waals surface area (Å²) in [5.74, 6) is 2.41. The SMILES string of the molecule is Cc1nc(C2CCC2)ncc1-c1ccc2nc(C)n(Cc3ccccc3OC(F)F)c2c1. The van der Waals surface area contributed by atoms with Gasteiger partial charge in [0.1, 0.15) is 17.4 Å². The van der Waals surface area contributed by atoms with Crippen molar-refractivity contribution in [2.45, 2.75) is 52.2 Å². The normalized spacial score (nSPS) is 14.2. The molecule has 0 N–H and O–H groups in total. The molecule has 5 nitrogen and oxygen atoms in total. The minimum atomic E-state index is -2.87. The van der Waals surface area contributed by atoms with Crippen LogP contribution in [-0.4, -0.2) is 26.1 Å². The smallest absolute Gasteiger partial charge is 0.387 e. The fraction of sp³-hybridized carbons (Fsp3) is 0.320. The van der Waals surface area contributed by atoms with Crippen LogP contribution in [0.5, 0.6) is 5.75 Å². The van der Waals surface area contributed by atoms with Crippen molar-refractivity contribution >= 4 is 11.0 Å². The second-order valence-electron chi connectivity index (χ2n) is 8.29. The number of rotatable bonds is 6. The molecule has 4 aromatic rings. The van der Waals surface area contributed by atoms with Crippen LogP contribution in [0.1, 0.15) is 48.1 Å². The number of hydrogen-bond donors (Lipinski definition) is 0. The van der Waals surface area contributed by atoms with Gasteiger partial charge in [-0.15, -0.1) is 0 Å². The summed E-state index contributed by atoms with van der Waals surface area (Å²) in [6.45, 7) is 1.45. The average molecular weight is 434 g/mol. The molecule has 1 saturated carbocycles. The first kappa shape index (κ1) is 20.5. The molecule has 1 fully saturated rings. The van der Waals surface area contributed by atoms with E-state index in [1.54, 1.807) is 18.2 Å². The molecule has 0 radical (unpaired) electrons. The standard InChI is InChI=1S/C25H24F2N4O/c1-15-20(13-28-24(29-15)17-7-5-8-17)18-10-11-21-22(12-18)31(16(2)30-21)14-19-6-3-4-9-23(19)32-25(26)27/h3-4,6,9-13,17,25H,5,7-8,14H2,1-2H3. The number of nitrogens with zero attached hydrogens (tertiary/aromatic N) is 4. The number of hydrogen-bond acceptors (Lipinski definition) is 4. The Labute approximate surface area is 185 Å². The second-order valence-corrected chi connectivity index (χ2v) is 8.29. The van der Waals surface area contributed by atoms with Gasteiger partial charge in [-0.2, -0.15) is 8.78 Å². The van der Waals surface area contributed by atoms with E-state index in [2.05, 4.69) is 16.0 Å². The van der Waals surface area contributed by atoms with Crippen LogP contribution in [0.25, 0.3) is 22.2 Å². The number of aromatic nitrogens is 4. The summed E-state index contributed by atoms with van der Waals surface area (Å²) >= 11 is 0. The number of fused-ring (bicyclic) bond motifs is 1. The summed E-state index contributed by atoms with van der Waals surface area (Å²) in [5, 5.41) is 0. The molecule has 2 heterocycles. The molecule has 1 aliphatic rings. The Morgan fingerprint density at radius 1 is 1.09 bits per heavy atom. The average Bonchev–Trinajstić information content (AvgIpc) is 3.02. The number of ether oxygens (including phenoxy) is 1. The fourth-order valence-corrected chi connectivity index (χ4v) is 4.26. The molecule has 0 aliphatic heterocycles. The minimum absolute atomic E-state index is 0.177. The maximum absolute atomic E-state index is 12.8. The zero-order chi connectivity index (χ0) is 22.2. The molecule has 164 valence electrons. The van der Waals surface area contributed by atoms with Gasteiger partial charge < -0.3 is 9.30 Å². The number of para-hydroxylation sites is 1. The molecule has 2 aromatic heterocycles. The Hall–Kier alpha value is -3.35. The predicted molar refractivity (Wildman–Crippen MR) is 119 cm³/mol. The van der Waals surface area contributed by atoms with Crippen LogP contribution in [0.3, 0.4) is 0 Å². The van der Waals surface area contributed by atoms with E-state index in [1.807, 2.05) is 42.8 Å². The summed E-state index contributed by atoms with van der Waals surface area (Å²) in [5.41, 5.74) is 5.40. The van der Waals surface area contributed by atoms with Gasteiger partial charge in [-0.1, -0.05) is 30.7 Å². The molecule has 0 unspecified atom stereocenters. The topological polar surface area (TPSA) is 52.8 Å². The number of aryl methyl sites for hydroxylation is 2. The first-order chi connectivity index (χ1) is 15.5. The molecular formula is C25H24F2N4O. The van der Waals surface area contributed by atoms with Gasteiger partial charge in [0, 0.05) is 28.9 Å². The highest BCUT2D eigenvalue weighted by molar-refractivity contribution is 5.83. The van der Waals surface area contributed by atoms with Gasteiger partial charge in [0.25, 0.3) is 0 Å². The number of alkyl halides is 2. The van der Waals surface area contributed by atoms with Crippen molar-refractivity contribution in [1.29, 1.82) is 0 Å². The van der Waals surface area contributed by atoms with E-state index >= 15 is 0 Å².